The summed E-state index contributed by atoms with van der Waals surface area (Å²) >= 11 is 11.9. The minimum Gasteiger partial charge on any atom is -0.365 e. The van der Waals surface area contributed by atoms with E-state index in [0.717, 1.165) is 11.6 Å². The number of nitrogens with one attached hydrogen (secondary N) is 2. The fourth-order valence-corrected chi connectivity index (χ4v) is 2.64. The molecule has 2 amide bonds. The number of aromatic nitrogens is 1. The van der Waals surface area contributed by atoms with Crippen LogP contribution in [-0.4, -0.2) is 29.1 Å². The number of nitrogens with two attached hydrogens (primary N) is 1. The Balaban J connectivity index is 2.03. The Morgan fingerprint density at radius 1 is 1.19 bits per heavy atom. The molecule has 1 aromatic carbocycles. The van der Waals surface area contributed by atoms with Gasteiger partial charge in [-0.1, -0.05) is 29.3 Å². The van der Waals surface area contributed by atoms with Gasteiger partial charge in [-0.25, -0.2) is 0 Å². The number of amides is 2. The number of benzene rings is 1. The maximum atomic E-state index is 12.2. The zero-order valence-electron chi connectivity index (χ0n) is 13.6. The van der Waals surface area contributed by atoms with Gasteiger partial charge >= 0.3 is 0 Å². The van der Waals surface area contributed by atoms with Crippen LogP contribution < -0.4 is 11.1 Å². The van der Waals surface area contributed by atoms with Crippen LogP contribution in [0.15, 0.2) is 54.4 Å². The first-order valence-corrected chi connectivity index (χ1v) is 8.36. The van der Waals surface area contributed by atoms with Gasteiger partial charge in [0.2, 0.25) is 0 Å². The largest absolute Gasteiger partial charge is 0.365 e. The highest BCUT2D eigenvalue weighted by atomic mass is 35.5. The first-order chi connectivity index (χ1) is 12.4. The summed E-state index contributed by atoms with van der Waals surface area (Å²) in [5.74, 6) is -1.56. The minimum absolute atomic E-state index is 0.0166. The number of nitrogens with zero attached hydrogens (tertiary/aromatic N) is 1. The predicted molar refractivity (Wildman–Crippen MR) is 102 cm³/mol. The summed E-state index contributed by atoms with van der Waals surface area (Å²) in [7, 11) is 0. The fourth-order valence-electron chi connectivity index (χ4n) is 2.14. The van der Waals surface area contributed by atoms with Crippen molar-refractivity contribution in [2.75, 3.05) is 6.54 Å². The van der Waals surface area contributed by atoms with Gasteiger partial charge in [0, 0.05) is 34.5 Å². The SMILES string of the molecule is N=C(/C=C(\C(N)=O)C(=O)NCCc1ccc(Cl)cc1Cl)c1ccncc1. The summed E-state index contributed by atoms with van der Waals surface area (Å²) in [4.78, 5) is 27.7. The Kier molecular flexibility index (Phi) is 6.89. The number of primary amides is 1. The zero-order chi connectivity index (χ0) is 19.1. The molecule has 4 N–H and O–H groups in total. The lowest BCUT2D eigenvalue weighted by molar-refractivity contribution is -0.122. The van der Waals surface area contributed by atoms with E-state index in [2.05, 4.69) is 10.3 Å². The molecule has 6 nitrogen and oxygen atoms in total. The molecule has 0 fully saturated rings. The Hall–Kier alpha value is -2.70. The molecule has 134 valence electrons. The summed E-state index contributed by atoms with van der Waals surface area (Å²) in [5.41, 5.74) is 6.29. The van der Waals surface area contributed by atoms with Gasteiger partial charge < -0.3 is 16.5 Å². The molecule has 0 aliphatic carbocycles. The van der Waals surface area contributed by atoms with Crippen molar-refractivity contribution in [1.82, 2.24) is 10.3 Å². The molecule has 0 radical (unpaired) electrons. The Bertz CT molecular complexity index is 867. The van der Waals surface area contributed by atoms with Crippen molar-refractivity contribution in [2.45, 2.75) is 6.42 Å². The van der Waals surface area contributed by atoms with Gasteiger partial charge in [-0.05, 0) is 42.3 Å². The average Bonchev–Trinajstić information content (AvgIpc) is 2.61. The van der Waals surface area contributed by atoms with Crippen LogP contribution >= 0.6 is 23.2 Å². The second kappa shape index (κ2) is 9.12. The molecular formula is C18H16Cl2N4O2. The van der Waals surface area contributed by atoms with Crippen LogP contribution in [0.1, 0.15) is 11.1 Å². The molecule has 0 aliphatic rings. The maximum absolute atomic E-state index is 12.2. The van der Waals surface area contributed by atoms with Gasteiger partial charge in [0.05, 0.1) is 5.71 Å². The van der Waals surface area contributed by atoms with Crippen molar-refractivity contribution in [2.24, 2.45) is 5.73 Å². The van der Waals surface area contributed by atoms with E-state index in [9.17, 15) is 9.59 Å². The van der Waals surface area contributed by atoms with Gasteiger partial charge in [0.15, 0.2) is 0 Å². The molecule has 2 aromatic rings. The third-order valence-corrected chi connectivity index (χ3v) is 4.07. The van der Waals surface area contributed by atoms with Crippen LogP contribution in [0.5, 0.6) is 0 Å². The molecule has 0 aliphatic heterocycles. The number of carbonyl (C=O) groups is 2. The second-order valence-corrected chi connectivity index (χ2v) is 6.16. The zero-order valence-corrected chi connectivity index (χ0v) is 15.1. The van der Waals surface area contributed by atoms with Crippen LogP contribution in [0.2, 0.25) is 10.0 Å². The summed E-state index contributed by atoms with van der Waals surface area (Å²) in [6.45, 7) is 0.243. The van der Waals surface area contributed by atoms with Crippen molar-refractivity contribution >= 4 is 40.7 Å². The molecule has 1 aromatic heterocycles. The monoisotopic (exact) mass is 390 g/mol. The highest BCUT2D eigenvalue weighted by molar-refractivity contribution is 6.35. The predicted octanol–water partition coefficient (Wildman–Crippen LogP) is 2.53. The topological polar surface area (TPSA) is 109 Å². The number of carbonyl (C=O) groups excluding carboxylic acids is 2. The summed E-state index contributed by atoms with van der Waals surface area (Å²) in [6, 6.07) is 8.27. The van der Waals surface area contributed by atoms with E-state index in [1.807, 2.05) is 0 Å². The van der Waals surface area contributed by atoms with E-state index in [4.69, 9.17) is 34.3 Å². The Morgan fingerprint density at radius 2 is 1.88 bits per heavy atom. The van der Waals surface area contributed by atoms with E-state index < -0.39 is 11.8 Å². The van der Waals surface area contributed by atoms with Gasteiger partial charge in [-0.15, -0.1) is 0 Å². The van der Waals surface area contributed by atoms with Gasteiger partial charge in [-0.2, -0.15) is 0 Å². The lowest BCUT2D eigenvalue weighted by Gasteiger charge is -2.08. The molecule has 8 heteroatoms. The summed E-state index contributed by atoms with van der Waals surface area (Å²) < 4.78 is 0. The molecule has 0 saturated carbocycles. The number of rotatable bonds is 7. The first kappa shape index (κ1) is 19.6. The van der Waals surface area contributed by atoms with E-state index in [1.54, 1.807) is 30.3 Å². The third kappa shape index (κ3) is 5.40. The molecule has 1 heterocycles. The van der Waals surface area contributed by atoms with E-state index in [1.165, 1.54) is 12.4 Å². The van der Waals surface area contributed by atoms with E-state index in [0.29, 0.717) is 22.0 Å². The molecular weight excluding hydrogens is 375 g/mol. The quantitative estimate of drug-likeness (QED) is 0.292. The minimum atomic E-state index is -0.911. The Morgan fingerprint density at radius 3 is 2.50 bits per heavy atom. The molecule has 0 spiro atoms. The molecule has 0 bridgehead atoms. The second-order valence-electron chi connectivity index (χ2n) is 5.31. The summed E-state index contributed by atoms with van der Waals surface area (Å²) in [5, 5.41) is 11.6. The number of pyridine rings is 1. The van der Waals surface area contributed by atoms with Crippen molar-refractivity contribution < 1.29 is 9.59 Å². The standard InChI is InChI=1S/C18H16Cl2N4O2/c19-13-2-1-11(15(20)9-13)5-8-24-18(26)14(17(22)25)10-16(21)12-3-6-23-7-4-12/h1-4,6-7,9-10,21H,5,8H2,(H2,22,25)(H,24,26)/b14-10+,21-16?. The van der Waals surface area contributed by atoms with Crippen molar-refractivity contribution in [3.8, 4) is 0 Å². The smallest absolute Gasteiger partial charge is 0.256 e. The normalized spacial score (nSPS) is 11.1. The molecule has 0 atom stereocenters. The lowest BCUT2D eigenvalue weighted by Crippen LogP contribution is -2.33. The van der Waals surface area contributed by atoms with Gasteiger partial charge in [-0.3, -0.25) is 14.6 Å². The molecule has 0 saturated heterocycles. The third-order valence-electron chi connectivity index (χ3n) is 3.49. The number of hydrogen-bond donors (Lipinski definition) is 3. The number of allylic oxidation sites excluding steroid dienone is 1. The molecule has 26 heavy (non-hydrogen) atoms. The average molecular weight is 391 g/mol. The van der Waals surface area contributed by atoms with Gasteiger partial charge in [0.1, 0.15) is 5.57 Å². The van der Waals surface area contributed by atoms with E-state index in [-0.39, 0.29) is 17.8 Å². The van der Waals surface area contributed by atoms with Gasteiger partial charge in [0.25, 0.3) is 11.8 Å². The van der Waals surface area contributed by atoms with Crippen molar-refractivity contribution in [3.63, 3.8) is 0 Å². The highest BCUT2D eigenvalue weighted by Crippen LogP contribution is 2.21. The highest BCUT2D eigenvalue weighted by Gasteiger charge is 2.16. The lowest BCUT2D eigenvalue weighted by atomic mass is 10.1. The van der Waals surface area contributed by atoms with Crippen molar-refractivity contribution in [1.29, 1.82) is 5.41 Å². The van der Waals surface area contributed by atoms with E-state index >= 15 is 0 Å². The maximum Gasteiger partial charge on any atom is 0.256 e. The van der Waals surface area contributed by atoms with Crippen molar-refractivity contribution in [3.05, 3.63) is 75.5 Å². The molecule has 2 rings (SSSR count). The van der Waals surface area contributed by atoms with Crippen LogP contribution in [-0.2, 0) is 16.0 Å². The van der Waals surface area contributed by atoms with Crippen LogP contribution in [0.25, 0.3) is 0 Å². The first-order valence-electron chi connectivity index (χ1n) is 7.61. The van der Waals surface area contributed by atoms with Crippen LogP contribution in [0, 0.1) is 5.41 Å². The van der Waals surface area contributed by atoms with Crippen LogP contribution in [0.3, 0.4) is 0 Å². The summed E-state index contributed by atoms with van der Waals surface area (Å²) in [6.07, 6.45) is 4.62. The number of hydrogen-bond acceptors (Lipinski definition) is 4. The van der Waals surface area contributed by atoms with Crippen LogP contribution in [0.4, 0.5) is 0 Å². The fraction of sp³-hybridized carbons (Fsp3) is 0.111. The molecule has 0 unspecified atom stereocenters. The number of halogens is 2. The Labute approximate surface area is 160 Å².